The van der Waals surface area contributed by atoms with E-state index in [0.717, 1.165) is 41.8 Å². The molecule has 0 amide bonds. The first-order valence-corrected chi connectivity index (χ1v) is 13.1. The molecule has 0 atom stereocenters. The van der Waals surface area contributed by atoms with Crippen LogP contribution < -0.4 is 9.47 Å². The van der Waals surface area contributed by atoms with Crippen molar-refractivity contribution in [1.82, 2.24) is 9.97 Å². The number of hydrogen-bond acceptors (Lipinski definition) is 7. The highest BCUT2D eigenvalue weighted by Crippen LogP contribution is 2.42. The Bertz CT molecular complexity index is 1350. The van der Waals surface area contributed by atoms with Crippen molar-refractivity contribution in [2.24, 2.45) is 0 Å². The largest absolute Gasteiger partial charge is 0.489 e. The van der Waals surface area contributed by atoms with Gasteiger partial charge in [0.2, 0.25) is 0 Å². The molecule has 10 heteroatoms. The number of carbonyl (C=O) groups is 1. The van der Waals surface area contributed by atoms with Gasteiger partial charge in [0.25, 0.3) is 0 Å². The zero-order chi connectivity index (χ0) is 29.1. The lowest BCUT2D eigenvalue weighted by atomic mass is 10.1. The Morgan fingerprint density at radius 1 is 1.02 bits per heavy atom. The maximum absolute atomic E-state index is 13.0. The molecule has 1 aliphatic rings. The lowest BCUT2D eigenvalue weighted by Gasteiger charge is -2.25. The first-order chi connectivity index (χ1) is 18.9. The molecule has 0 spiro atoms. The van der Waals surface area contributed by atoms with Gasteiger partial charge in [-0.1, -0.05) is 12.1 Å². The number of halogens is 3. The summed E-state index contributed by atoms with van der Waals surface area (Å²) < 4.78 is 61.7. The molecular weight excluding hydrogens is 525 g/mol. The van der Waals surface area contributed by atoms with Crippen molar-refractivity contribution < 1.29 is 36.9 Å². The molecule has 2 aromatic carbocycles. The summed E-state index contributed by atoms with van der Waals surface area (Å²) in [7, 11) is 1.56. The normalized spacial score (nSPS) is 13.7. The van der Waals surface area contributed by atoms with E-state index < -0.39 is 23.3 Å². The lowest BCUT2D eigenvalue weighted by molar-refractivity contribution is -0.158. The van der Waals surface area contributed by atoms with Gasteiger partial charge >= 0.3 is 12.1 Å². The lowest BCUT2D eigenvalue weighted by Crippen LogP contribution is -2.39. The van der Waals surface area contributed by atoms with Crippen LogP contribution in [0.1, 0.15) is 67.6 Å². The van der Waals surface area contributed by atoms with Crippen LogP contribution in [-0.2, 0) is 33.7 Å². The van der Waals surface area contributed by atoms with Crippen molar-refractivity contribution in [3.8, 4) is 22.9 Å². The quantitative estimate of drug-likeness (QED) is 0.240. The average molecular weight is 559 g/mol. The number of rotatable bonds is 11. The molecule has 0 aliphatic heterocycles. The third-order valence-electron chi connectivity index (χ3n) is 6.50. The molecular formula is C30H33F3N2O5. The van der Waals surface area contributed by atoms with E-state index in [2.05, 4.69) is 4.98 Å². The summed E-state index contributed by atoms with van der Waals surface area (Å²) in [5.74, 6) is 1.26. The van der Waals surface area contributed by atoms with Gasteiger partial charge in [0.1, 0.15) is 18.1 Å². The van der Waals surface area contributed by atoms with Crippen molar-refractivity contribution >= 4 is 5.97 Å². The minimum Gasteiger partial charge on any atom is -0.489 e. The SMILES string of the molecule is CCOC(=O)C(C)(C)Oc1ccc(OCc2c(COC)nc(-c3ccc(C(F)(F)F)cc3)nc2C2CC2)cc1C. The number of esters is 1. The zero-order valence-electron chi connectivity index (χ0n) is 23.2. The highest BCUT2D eigenvalue weighted by molar-refractivity contribution is 5.79. The van der Waals surface area contributed by atoms with Crippen LogP contribution in [0.15, 0.2) is 42.5 Å². The minimum atomic E-state index is -4.42. The maximum atomic E-state index is 13.0. The van der Waals surface area contributed by atoms with Crippen molar-refractivity contribution in [3.63, 3.8) is 0 Å². The van der Waals surface area contributed by atoms with E-state index in [1.807, 2.05) is 13.0 Å². The molecule has 0 N–H and O–H groups in total. The second-order valence-electron chi connectivity index (χ2n) is 10.2. The predicted molar refractivity (Wildman–Crippen MR) is 142 cm³/mol. The number of aromatic nitrogens is 2. The molecule has 0 bridgehead atoms. The smallest absolute Gasteiger partial charge is 0.416 e. The number of alkyl halides is 3. The molecule has 1 saturated carbocycles. The van der Waals surface area contributed by atoms with E-state index in [1.54, 1.807) is 40.0 Å². The standard InChI is InChI=1S/C30H33F3N2O5/c1-6-38-28(36)29(3,4)40-25-14-13-22(15-18(25)2)39-16-23-24(17-37-5)34-27(35-26(23)19-7-8-19)20-9-11-21(12-10-20)30(31,32)33/h9-15,19H,6-8,16-17H2,1-5H3. The van der Waals surface area contributed by atoms with Gasteiger partial charge in [-0.25, -0.2) is 14.8 Å². The van der Waals surface area contributed by atoms with Crippen LogP contribution >= 0.6 is 0 Å². The predicted octanol–water partition coefficient (Wildman–Crippen LogP) is 6.79. The fraction of sp³-hybridized carbons (Fsp3) is 0.433. The molecule has 3 aromatic rings. The summed E-state index contributed by atoms with van der Waals surface area (Å²) in [5.41, 5.74) is 1.66. The fourth-order valence-electron chi connectivity index (χ4n) is 4.20. The molecule has 4 rings (SSSR count). The Kier molecular flexibility index (Phi) is 8.68. The number of benzene rings is 2. The van der Waals surface area contributed by atoms with Crippen LogP contribution in [0.5, 0.6) is 11.5 Å². The maximum Gasteiger partial charge on any atom is 0.416 e. The molecule has 1 aromatic heterocycles. The van der Waals surface area contributed by atoms with Crippen molar-refractivity contribution in [1.29, 1.82) is 0 Å². The summed E-state index contributed by atoms with van der Waals surface area (Å²) in [4.78, 5) is 21.6. The van der Waals surface area contributed by atoms with Gasteiger partial charge in [0.15, 0.2) is 11.4 Å². The van der Waals surface area contributed by atoms with E-state index in [9.17, 15) is 18.0 Å². The number of hydrogen-bond donors (Lipinski definition) is 0. The topological polar surface area (TPSA) is 79.8 Å². The summed E-state index contributed by atoms with van der Waals surface area (Å²) in [6, 6.07) is 10.2. The van der Waals surface area contributed by atoms with Crippen LogP contribution in [0.25, 0.3) is 11.4 Å². The van der Waals surface area contributed by atoms with Crippen LogP contribution in [0.2, 0.25) is 0 Å². The number of carbonyl (C=O) groups excluding carboxylic acids is 1. The van der Waals surface area contributed by atoms with Crippen LogP contribution in [0.3, 0.4) is 0 Å². The monoisotopic (exact) mass is 558 g/mol. The molecule has 1 fully saturated rings. The zero-order valence-corrected chi connectivity index (χ0v) is 23.2. The first-order valence-electron chi connectivity index (χ1n) is 13.1. The molecule has 0 saturated heterocycles. The molecule has 214 valence electrons. The molecule has 40 heavy (non-hydrogen) atoms. The Hall–Kier alpha value is -3.66. The highest BCUT2D eigenvalue weighted by atomic mass is 19.4. The van der Waals surface area contributed by atoms with E-state index in [-0.39, 0.29) is 25.7 Å². The van der Waals surface area contributed by atoms with E-state index in [0.29, 0.717) is 28.6 Å². The van der Waals surface area contributed by atoms with Gasteiger partial charge in [-0.3, -0.25) is 0 Å². The second-order valence-corrected chi connectivity index (χ2v) is 10.2. The van der Waals surface area contributed by atoms with E-state index >= 15 is 0 Å². The number of nitrogens with zero attached hydrogens (tertiary/aromatic N) is 2. The highest BCUT2D eigenvalue weighted by Gasteiger charge is 2.33. The van der Waals surface area contributed by atoms with Gasteiger partial charge in [-0.05, 0) is 76.4 Å². The summed E-state index contributed by atoms with van der Waals surface area (Å²) in [6.07, 6.45) is -2.49. The average Bonchev–Trinajstić information content (AvgIpc) is 3.74. The Morgan fingerprint density at radius 3 is 2.30 bits per heavy atom. The van der Waals surface area contributed by atoms with Crippen LogP contribution in [0.4, 0.5) is 13.2 Å². The van der Waals surface area contributed by atoms with Crippen molar-refractivity contribution in [3.05, 3.63) is 70.5 Å². The third-order valence-corrected chi connectivity index (χ3v) is 6.50. The van der Waals surface area contributed by atoms with Gasteiger partial charge in [0.05, 0.1) is 30.2 Å². The number of aryl methyl sites for hydroxylation is 1. The van der Waals surface area contributed by atoms with Gasteiger partial charge < -0.3 is 18.9 Å². The van der Waals surface area contributed by atoms with Crippen LogP contribution in [-0.4, -0.2) is 35.3 Å². The first kappa shape index (κ1) is 29.3. The third kappa shape index (κ3) is 6.91. The van der Waals surface area contributed by atoms with Crippen molar-refractivity contribution in [2.45, 2.75) is 71.4 Å². The Balaban J connectivity index is 1.57. The van der Waals surface area contributed by atoms with Crippen LogP contribution in [0, 0.1) is 6.92 Å². The molecule has 7 nitrogen and oxygen atoms in total. The Morgan fingerprint density at radius 2 is 1.73 bits per heavy atom. The minimum absolute atomic E-state index is 0.186. The van der Waals surface area contributed by atoms with Gasteiger partial charge in [-0.2, -0.15) is 13.2 Å². The molecule has 0 unspecified atom stereocenters. The van der Waals surface area contributed by atoms with E-state index in [1.165, 1.54) is 12.1 Å². The van der Waals surface area contributed by atoms with Gasteiger partial charge in [-0.15, -0.1) is 0 Å². The second kappa shape index (κ2) is 11.8. The van der Waals surface area contributed by atoms with Gasteiger partial charge in [0, 0.05) is 24.2 Å². The van der Waals surface area contributed by atoms with E-state index in [4.69, 9.17) is 23.9 Å². The molecule has 1 aliphatic carbocycles. The fourth-order valence-corrected chi connectivity index (χ4v) is 4.20. The molecule has 1 heterocycles. The van der Waals surface area contributed by atoms with Crippen molar-refractivity contribution in [2.75, 3.05) is 13.7 Å². The number of ether oxygens (including phenoxy) is 4. The Labute approximate surface area is 231 Å². The number of methoxy groups -OCH3 is 1. The molecule has 0 radical (unpaired) electrons. The summed E-state index contributed by atoms with van der Waals surface area (Å²) >= 11 is 0. The summed E-state index contributed by atoms with van der Waals surface area (Å²) in [5, 5.41) is 0. The summed E-state index contributed by atoms with van der Waals surface area (Å²) in [6.45, 7) is 7.55.